The number of hydrogen-bond acceptors (Lipinski definition) is 6. The van der Waals surface area contributed by atoms with Crippen LogP contribution in [0, 0.1) is 0 Å². The molecule has 1 amide bonds. The Bertz CT molecular complexity index is 1240. The quantitative estimate of drug-likeness (QED) is 0.400. The molecule has 168 valence electrons. The highest BCUT2D eigenvalue weighted by Crippen LogP contribution is 2.39. The number of anilines is 2. The van der Waals surface area contributed by atoms with Crippen LogP contribution in [0.3, 0.4) is 0 Å². The number of carbonyl (C=O) groups excluding carboxylic acids is 1. The van der Waals surface area contributed by atoms with Gasteiger partial charge in [0.2, 0.25) is 0 Å². The molecular formula is C23H21BrClN7O. The molecule has 2 aliphatic rings. The topological polar surface area (TPSA) is 108 Å². The van der Waals surface area contributed by atoms with E-state index in [4.69, 9.17) is 11.6 Å². The van der Waals surface area contributed by atoms with Gasteiger partial charge in [0.05, 0.1) is 15.2 Å². The van der Waals surface area contributed by atoms with Gasteiger partial charge in [0.15, 0.2) is 11.6 Å². The van der Waals surface area contributed by atoms with Crippen LogP contribution in [0.1, 0.15) is 47.7 Å². The summed E-state index contributed by atoms with van der Waals surface area (Å²) in [5.41, 5.74) is 2.38. The first-order chi connectivity index (χ1) is 16.0. The molecule has 0 bridgehead atoms. The van der Waals surface area contributed by atoms with Gasteiger partial charge in [-0.25, -0.2) is 9.98 Å². The summed E-state index contributed by atoms with van der Waals surface area (Å²) in [6, 6.07) is 11.0. The Kier molecular flexibility index (Phi) is 6.24. The molecule has 0 spiro atoms. The average Bonchev–Trinajstić information content (AvgIpc) is 3.57. The molecule has 2 aliphatic carbocycles. The molecule has 1 atom stereocenters. The fourth-order valence-electron chi connectivity index (χ4n) is 3.59. The van der Waals surface area contributed by atoms with Crippen molar-refractivity contribution in [2.45, 2.75) is 37.6 Å². The lowest BCUT2D eigenvalue weighted by atomic mass is 9.99. The van der Waals surface area contributed by atoms with Gasteiger partial charge < -0.3 is 10.6 Å². The fourth-order valence-corrected chi connectivity index (χ4v) is 4.09. The Morgan fingerprint density at radius 1 is 1.24 bits per heavy atom. The Balaban J connectivity index is 1.30. The molecule has 0 radical (unpaired) electrons. The second-order valence-corrected chi connectivity index (χ2v) is 9.32. The summed E-state index contributed by atoms with van der Waals surface area (Å²) >= 11 is 9.89. The van der Waals surface area contributed by atoms with Gasteiger partial charge in [-0.05, 0) is 47.3 Å². The molecule has 1 fully saturated rings. The van der Waals surface area contributed by atoms with E-state index in [2.05, 4.69) is 51.7 Å². The van der Waals surface area contributed by atoms with Gasteiger partial charge in [0, 0.05) is 41.9 Å². The normalized spacial score (nSPS) is 19.3. The molecule has 0 saturated heterocycles. The lowest BCUT2D eigenvalue weighted by Gasteiger charge is -2.22. The van der Waals surface area contributed by atoms with Crippen molar-refractivity contribution in [3.63, 3.8) is 0 Å². The monoisotopic (exact) mass is 525 g/mol. The molecule has 10 heteroatoms. The second-order valence-electron chi connectivity index (χ2n) is 8.06. The Morgan fingerprint density at radius 3 is 2.85 bits per heavy atom. The SMILES string of the molecule is O=C(NC1CC=C(Cl)C(=Nc2ncc(Br)c(Nc3cc(C4CC4)[nH]n3)n2)C1)c1ccccc1. The minimum atomic E-state index is -0.123. The number of aliphatic imine (C=N–C) groups is 1. The molecular weight excluding hydrogens is 506 g/mol. The number of carbonyl (C=O) groups is 1. The maximum absolute atomic E-state index is 12.5. The number of hydrogen-bond donors (Lipinski definition) is 3. The first-order valence-electron chi connectivity index (χ1n) is 10.7. The van der Waals surface area contributed by atoms with E-state index in [1.165, 1.54) is 12.8 Å². The van der Waals surface area contributed by atoms with Crippen LogP contribution in [0.4, 0.5) is 17.6 Å². The molecule has 1 aromatic carbocycles. The Morgan fingerprint density at radius 2 is 2.06 bits per heavy atom. The standard InChI is InChI=1S/C23H21BrClN7O/c24-16-12-26-23(30-21(16)29-20-11-18(31-32-20)13-6-7-13)28-19-10-15(8-9-17(19)25)27-22(33)14-4-2-1-3-5-14/h1-5,9,11-13,15H,6-8,10H2,(H,27,33)(H2,26,29,30,31,32). The summed E-state index contributed by atoms with van der Waals surface area (Å²) in [4.78, 5) is 25.9. The molecule has 1 saturated carbocycles. The number of H-pyrrole nitrogens is 1. The maximum Gasteiger partial charge on any atom is 0.251 e. The molecule has 8 nitrogen and oxygen atoms in total. The van der Waals surface area contributed by atoms with E-state index in [-0.39, 0.29) is 17.9 Å². The van der Waals surface area contributed by atoms with E-state index < -0.39 is 0 Å². The molecule has 33 heavy (non-hydrogen) atoms. The van der Waals surface area contributed by atoms with Gasteiger partial charge in [-0.3, -0.25) is 9.89 Å². The van der Waals surface area contributed by atoms with E-state index in [9.17, 15) is 4.79 Å². The van der Waals surface area contributed by atoms with Gasteiger partial charge in [-0.2, -0.15) is 10.1 Å². The molecule has 1 unspecified atom stereocenters. The average molecular weight is 527 g/mol. The summed E-state index contributed by atoms with van der Waals surface area (Å²) in [5.74, 6) is 1.98. The lowest BCUT2D eigenvalue weighted by molar-refractivity contribution is 0.0938. The number of aromatic amines is 1. The molecule has 3 N–H and O–H groups in total. The van der Waals surface area contributed by atoms with Gasteiger partial charge >= 0.3 is 0 Å². The van der Waals surface area contributed by atoms with Crippen LogP contribution in [-0.2, 0) is 0 Å². The van der Waals surface area contributed by atoms with Crippen molar-refractivity contribution in [1.29, 1.82) is 0 Å². The van der Waals surface area contributed by atoms with Crippen LogP contribution in [-0.4, -0.2) is 37.8 Å². The van der Waals surface area contributed by atoms with Crippen molar-refractivity contribution >= 4 is 56.7 Å². The summed E-state index contributed by atoms with van der Waals surface area (Å²) < 4.78 is 0.695. The number of allylic oxidation sites excluding steroid dienone is 1. The van der Waals surface area contributed by atoms with E-state index in [0.29, 0.717) is 51.2 Å². The van der Waals surface area contributed by atoms with Crippen molar-refractivity contribution in [3.05, 3.63) is 69.4 Å². The van der Waals surface area contributed by atoms with Crippen LogP contribution < -0.4 is 10.6 Å². The smallest absolute Gasteiger partial charge is 0.251 e. The highest BCUT2D eigenvalue weighted by molar-refractivity contribution is 9.10. The third-order valence-corrected chi connectivity index (χ3v) is 6.45. The van der Waals surface area contributed by atoms with Crippen molar-refractivity contribution < 1.29 is 4.79 Å². The fraction of sp³-hybridized carbons (Fsp3) is 0.261. The first-order valence-corrected chi connectivity index (χ1v) is 11.9. The first kappa shape index (κ1) is 21.8. The van der Waals surface area contributed by atoms with E-state index in [1.54, 1.807) is 18.3 Å². The maximum atomic E-state index is 12.5. The molecule has 3 aromatic rings. The summed E-state index contributed by atoms with van der Waals surface area (Å²) in [7, 11) is 0. The van der Waals surface area contributed by atoms with Crippen molar-refractivity contribution in [3.8, 4) is 0 Å². The number of benzene rings is 1. The minimum absolute atomic E-state index is 0.114. The van der Waals surface area contributed by atoms with E-state index in [0.717, 1.165) is 5.69 Å². The number of rotatable bonds is 6. The van der Waals surface area contributed by atoms with Crippen molar-refractivity contribution in [2.75, 3.05) is 5.32 Å². The lowest BCUT2D eigenvalue weighted by Crippen LogP contribution is -2.37. The number of aromatic nitrogens is 4. The molecule has 5 rings (SSSR count). The van der Waals surface area contributed by atoms with Crippen LogP contribution in [0.15, 0.2) is 63.2 Å². The third-order valence-electron chi connectivity index (χ3n) is 5.50. The van der Waals surface area contributed by atoms with Gasteiger partial charge in [0.1, 0.15) is 0 Å². The zero-order valence-electron chi connectivity index (χ0n) is 17.6. The molecule has 2 heterocycles. The largest absolute Gasteiger partial charge is 0.349 e. The van der Waals surface area contributed by atoms with E-state index in [1.807, 2.05) is 30.3 Å². The van der Waals surface area contributed by atoms with Crippen molar-refractivity contribution in [2.24, 2.45) is 4.99 Å². The number of amides is 1. The van der Waals surface area contributed by atoms with Crippen LogP contribution >= 0.6 is 27.5 Å². The highest BCUT2D eigenvalue weighted by atomic mass is 79.9. The molecule has 2 aromatic heterocycles. The summed E-state index contributed by atoms with van der Waals surface area (Å²) in [6.07, 6.45) is 7.01. The van der Waals surface area contributed by atoms with Crippen molar-refractivity contribution in [1.82, 2.24) is 25.5 Å². The predicted octanol–water partition coefficient (Wildman–Crippen LogP) is 5.37. The number of nitrogens with one attached hydrogen (secondary N) is 3. The number of halogens is 2. The second kappa shape index (κ2) is 9.44. The number of nitrogens with zero attached hydrogens (tertiary/aromatic N) is 4. The zero-order chi connectivity index (χ0) is 22.8. The predicted molar refractivity (Wildman–Crippen MR) is 132 cm³/mol. The van der Waals surface area contributed by atoms with E-state index >= 15 is 0 Å². The van der Waals surface area contributed by atoms with Gasteiger partial charge in [0.25, 0.3) is 11.9 Å². The third kappa shape index (κ3) is 5.31. The van der Waals surface area contributed by atoms with Gasteiger partial charge in [-0.1, -0.05) is 35.9 Å². The zero-order valence-corrected chi connectivity index (χ0v) is 19.9. The Labute approximate surface area is 204 Å². The molecule has 0 aliphatic heterocycles. The van der Waals surface area contributed by atoms with Crippen LogP contribution in [0.2, 0.25) is 0 Å². The van der Waals surface area contributed by atoms with Gasteiger partial charge in [-0.15, -0.1) is 0 Å². The summed E-state index contributed by atoms with van der Waals surface area (Å²) in [5, 5.41) is 14.2. The minimum Gasteiger partial charge on any atom is -0.349 e. The van der Waals surface area contributed by atoms with Crippen LogP contribution in [0.25, 0.3) is 0 Å². The summed E-state index contributed by atoms with van der Waals surface area (Å²) in [6.45, 7) is 0. The Hall–Kier alpha value is -3.04. The van der Waals surface area contributed by atoms with Crippen LogP contribution in [0.5, 0.6) is 0 Å². The highest BCUT2D eigenvalue weighted by Gasteiger charge is 2.26.